The first-order valence-corrected chi connectivity index (χ1v) is 7.99. The second-order valence-corrected chi connectivity index (χ2v) is 6.67. The molecule has 0 saturated carbocycles. The Morgan fingerprint density at radius 2 is 2.05 bits per heavy atom. The molecule has 3 heterocycles. The molecule has 4 nitrogen and oxygen atoms in total. The normalized spacial score (nSPS) is 20.4. The SMILES string of the molecule is CC(=O)N1CCc2nc(CN3CCCCC3)sc2C1. The highest BCUT2D eigenvalue weighted by molar-refractivity contribution is 7.11. The Balaban J connectivity index is 1.67. The molecule has 0 N–H and O–H groups in total. The molecule has 1 saturated heterocycles. The van der Waals surface area contributed by atoms with Gasteiger partial charge in [-0.3, -0.25) is 9.69 Å². The quantitative estimate of drug-likeness (QED) is 0.831. The Labute approximate surface area is 118 Å². The molecule has 2 aliphatic heterocycles. The van der Waals surface area contributed by atoms with Crippen LogP contribution < -0.4 is 0 Å². The largest absolute Gasteiger partial charge is 0.337 e. The highest BCUT2D eigenvalue weighted by Gasteiger charge is 2.22. The van der Waals surface area contributed by atoms with Crippen molar-refractivity contribution in [1.29, 1.82) is 0 Å². The van der Waals surface area contributed by atoms with Crippen molar-refractivity contribution in [3.63, 3.8) is 0 Å². The van der Waals surface area contributed by atoms with E-state index in [0.717, 1.165) is 26.1 Å². The zero-order valence-corrected chi connectivity index (χ0v) is 12.3. The first-order valence-electron chi connectivity index (χ1n) is 7.17. The molecule has 0 spiro atoms. The van der Waals surface area contributed by atoms with E-state index in [1.165, 1.54) is 47.9 Å². The van der Waals surface area contributed by atoms with E-state index in [9.17, 15) is 4.79 Å². The average molecular weight is 279 g/mol. The summed E-state index contributed by atoms with van der Waals surface area (Å²) < 4.78 is 0. The fourth-order valence-corrected chi connectivity index (χ4v) is 4.07. The second-order valence-electron chi connectivity index (χ2n) is 5.50. The van der Waals surface area contributed by atoms with E-state index in [-0.39, 0.29) is 5.91 Å². The van der Waals surface area contributed by atoms with Gasteiger partial charge in [-0.25, -0.2) is 4.98 Å². The van der Waals surface area contributed by atoms with Crippen molar-refractivity contribution in [3.8, 4) is 0 Å². The van der Waals surface area contributed by atoms with Gasteiger partial charge in [-0.1, -0.05) is 6.42 Å². The fourth-order valence-electron chi connectivity index (χ4n) is 2.89. The van der Waals surface area contributed by atoms with Crippen LogP contribution in [0.4, 0.5) is 0 Å². The molecule has 0 atom stereocenters. The lowest BCUT2D eigenvalue weighted by atomic mass is 10.1. The van der Waals surface area contributed by atoms with Gasteiger partial charge in [0.05, 0.1) is 18.8 Å². The number of carbonyl (C=O) groups is 1. The van der Waals surface area contributed by atoms with E-state index in [1.54, 1.807) is 18.3 Å². The minimum absolute atomic E-state index is 0.177. The van der Waals surface area contributed by atoms with Gasteiger partial charge in [0.2, 0.25) is 5.91 Å². The van der Waals surface area contributed by atoms with Crippen LogP contribution in [-0.4, -0.2) is 40.3 Å². The molecule has 5 heteroatoms. The number of hydrogen-bond acceptors (Lipinski definition) is 4. The van der Waals surface area contributed by atoms with Gasteiger partial charge in [0.25, 0.3) is 0 Å². The maximum atomic E-state index is 11.4. The average Bonchev–Trinajstić information content (AvgIpc) is 2.80. The third-order valence-electron chi connectivity index (χ3n) is 4.03. The van der Waals surface area contributed by atoms with Gasteiger partial charge >= 0.3 is 0 Å². The molecule has 0 aliphatic carbocycles. The number of aromatic nitrogens is 1. The van der Waals surface area contributed by atoms with Crippen molar-refractivity contribution < 1.29 is 4.79 Å². The number of likely N-dealkylation sites (tertiary alicyclic amines) is 1. The highest BCUT2D eigenvalue weighted by Crippen LogP contribution is 2.26. The number of piperidine rings is 1. The van der Waals surface area contributed by atoms with Gasteiger partial charge in [-0.15, -0.1) is 11.3 Å². The summed E-state index contributed by atoms with van der Waals surface area (Å²) in [5.74, 6) is 0.177. The summed E-state index contributed by atoms with van der Waals surface area (Å²) in [5.41, 5.74) is 1.23. The second kappa shape index (κ2) is 5.59. The van der Waals surface area contributed by atoms with Crippen molar-refractivity contribution in [1.82, 2.24) is 14.8 Å². The minimum atomic E-state index is 0.177. The summed E-state index contributed by atoms with van der Waals surface area (Å²) in [6, 6.07) is 0. The third kappa shape index (κ3) is 2.98. The molecule has 1 aromatic heterocycles. The third-order valence-corrected chi connectivity index (χ3v) is 5.10. The molecule has 1 fully saturated rings. The molecule has 0 bridgehead atoms. The Bertz CT molecular complexity index is 465. The van der Waals surface area contributed by atoms with Crippen LogP contribution >= 0.6 is 11.3 Å². The van der Waals surface area contributed by atoms with Crippen LogP contribution in [0.2, 0.25) is 0 Å². The summed E-state index contributed by atoms with van der Waals surface area (Å²) >= 11 is 1.80. The van der Waals surface area contributed by atoms with Crippen LogP contribution in [0, 0.1) is 0 Å². The summed E-state index contributed by atoms with van der Waals surface area (Å²) in [4.78, 5) is 21.9. The van der Waals surface area contributed by atoms with Crippen LogP contribution in [0.1, 0.15) is 41.8 Å². The van der Waals surface area contributed by atoms with E-state index >= 15 is 0 Å². The molecule has 104 valence electrons. The molecular formula is C14H21N3OS. The molecule has 0 unspecified atom stereocenters. The highest BCUT2D eigenvalue weighted by atomic mass is 32.1. The monoisotopic (exact) mass is 279 g/mol. The Hall–Kier alpha value is -0.940. The number of amides is 1. The van der Waals surface area contributed by atoms with Crippen molar-refractivity contribution >= 4 is 17.2 Å². The number of thiazole rings is 1. The maximum absolute atomic E-state index is 11.4. The molecule has 1 amide bonds. The zero-order valence-electron chi connectivity index (χ0n) is 11.5. The van der Waals surface area contributed by atoms with Crippen LogP contribution in [0.15, 0.2) is 0 Å². The Morgan fingerprint density at radius 1 is 1.26 bits per heavy atom. The van der Waals surface area contributed by atoms with Crippen molar-refractivity contribution in [2.24, 2.45) is 0 Å². The van der Waals surface area contributed by atoms with Crippen molar-refractivity contribution in [3.05, 3.63) is 15.6 Å². The standard InChI is InChI=1S/C14H21N3OS/c1-11(18)17-8-5-12-13(9-17)19-14(15-12)10-16-6-3-2-4-7-16/h2-10H2,1H3. The summed E-state index contributed by atoms with van der Waals surface area (Å²) in [5, 5.41) is 1.23. The first-order chi connectivity index (χ1) is 9.22. The lowest BCUT2D eigenvalue weighted by Crippen LogP contribution is -2.33. The van der Waals surface area contributed by atoms with Gasteiger partial charge in [0.15, 0.2) is 0 Å². The summed E-state index contributed by atoms with van der Waals surface area (Å²) in [6.45, 7) is 6.67. The first kappa shape index (κ1) is 13.1. The summed E-state index contributed by atoms with van der Waals surface area (Å²) in [7, 11) is 0. The lowest BCUT2D eigenvalue weighted by molar-refractivity contribution is -0.129. The number of hydrogen-bond donors (Lipinski definition) is 0. The topological polar surface area (TPSA) is 36.4 Å². The maximum Gasteiger partial charge on any atom is 0.219 e. The molecular weight excluding hydrogens is 258 g/mol. The molecule has 2 aliphatic rings. The number of fused-ring (bicyclic) bond motifs is 1. The smallest absolute Gasteiger partial charge is 0.219 e. The van der Waals surface area contributed by atoms with Crippen LogP contribution in [0.3, 0.4) is 0 Å². The van der Waals surface area contributed by atoms with Gasteiger partial charge < -0.3 is 4.90 Å². The van der Waals surface area contributed by atoms with E-state index < -0.39 is 0 Å². The minimum Gasteiger partial charge on any atom is -0.337 e. The van der Waals surface area contributed by atoms with E-state index in [1.807, 2.05) is 4.90 Å². The van der Waals surface area contributed by atoms with Crippen molar-refractivity contribution in [2.75, 3.05) is 19.6 Å². The number of nitrogens with zero attached hydrogens (tertiary/aromatic N) is 3. The zero-order chi connectivity index (χ0) is 13.2. The molecule has 0 aromatic carbocycles. The van der Waals surface area contributed by atoms with E-state index in [4.69, 9.17) is 4.98 Å². The predicted octanol–water partition coefficient (Wildman–Crippen LogP) is 2.03. The van der Waals surface area contributed by atoms with Crippen LogP contribution in [-0.2, 0) is 24.3 Å². The van der Waals surface area contributed by atoms with Crippen molar-refractivity contribution in [2.45, 2.75) is 45.7 Å². The fraction of sp³-hybridized carbons (Fsp3) is 0.714. The molecule has 0 radical (unpaired) electrons. The lowest BCUT2D eigenvalue weighted by Gasteiger charge is -2.25. The molecule has 3 rings (SSSR count). The van der Waals surface area contributed by atoms with Gasteiger partial charge in [0.1, 0.15) is 5.01 Å². The van der Waals surface area contributed by atoms with Crippen LogP contribution in [0.5, 0.6) is 0 Å². The number of rotatable bonds is 2. The van der Waals surface area contributed by atoms with E-state index in [0.29, 0.717) is 0 Å². The predicted molar refractivity (Wildman–Crippen MR) is 76.0 cm³/mol. The van der Waals surface area contributed by atoms with Crippen LogP contribution in [0.25, 0.3) is 0 Å². The molecule has 19 heavy (non-hydrogen) atoms. The van der Waals surface area contributed by atoms with Gasteiger partial charge in [0, 0.05) is 24.8 Å². The molecule has 1 aromatic rings. The Kier molecular flexibility index (Phi) is 3.84. The van der Waals surface area contributed by atoms with E-state index in [2.05, 4.69) is 4.90 Å². The van der Waals surface area contributed by atoms with Gasteiger partial charge in [-0.05, 0) is 25.9 Å². The van der Waals surface area contributed by atoms with Gasteiger partial charge in [-0.2, -0.15) is 0 Å². The summed E-state index contributed by atoms with van der Waals surface area (Å²) in [6.07, 6.45) is 4.94. The number of carbonyl (C=O) groups excluding carboxylic acids is 1. The Morgan fingerprint density at radius 3 is 2.79 bits per heavy atom.